The molecule has 2 aromatic rings. The number of rotatable bonds is 3. The van der Waals surface area contributed by atoms with Crippen molar-refractivity contribution >= 4 is 29.9 Å². The molecular weight excluding hydrogens is 337 g/mol. The Balaban J connectivity index is 0.00000192. The fraction of sp³-hybridized carbons (Fsp3) is 0.375. The normalized spacial score (nSPS) is 17.7. The van der Waals surface area contributed by atoms with Crippen LogP contribution in [0.3, 0.4) is 0 Å². The summed E-state index contributed by atoms with van der Waals surface area (Å²) >= 11 is 5.98. The summed E-state index contributed by atoms with van der Waals surface area (Å²) in [6.07, 6.45) is 3.05. The first-order valence-electron chi connectivity index (χ1n) is 7.42. The van der Waals surface area contributed by atoms with Crippen molar-refractivity contribution in [1.82, 2.24) is 10.1 Å². The number of aromatic nitrogens is 1. The Morgan fingerprint density at radius 1 is 1.39 bits per heavy atom. The molecule has 1 aliphatic heterocycles. The van der Waals surface area contributed by atoms with Crippen molar-refractivity contribution in [3.63, 3.8) is 0 Å². The Bertz CT molecular complexity index is 675. The first-order chi connectivity index (χ1) is 10.7. The third-order valence-electron chi connectivity index (χ3n) is 4.00. The topological polar surface area (TPSA) is 72.4 Å². The summed E-state index contributed by atoms with van der Waals surface area (Å²) in [7, 11) is 0. The van der Waals surface area contributed by atoms with Crippen LogP contribution in [0, 0.1) is 0 Å². The van der Waals surface area contributed by atoms with Crippen LogP contribution >= 0.6 is 24.0 Å². The molecule has 1 aromatic heterocycles. The Labute approximate surface area is 146 Å². The number of benzene rings is 1. The highest BCUT2D eigenvalue weighted by Crippen LogP contribution is 2.24. The Kier molecular flexibility index (Phi) is 6.04. The van der Waals surface area contributed by atoms with Gasteiger partial charge in [0.05, 0.1) is 0 Å². The van der Waals surface area contributed by atoms with Gasteiger partial charge >= 0.3 is 0 Å². The minimum atomic E-state index is -0.143. The molecule has 2 heterocycles. The zero-order valence-electron chi connectivity index (χ0n) is 12.6. The lowest BCUT2D eigenvalue weighted by atomic mass is 10.0. The van der Waals surface area contributed by atoms with E-state index < -0.39 is 0 Å². The fourth-order valence-electron chi connectivity index (χ4n) is 2.81. The molecule has 1 saturated heterocycles. The quantitative estimate of drug-likeness (QED) is 0.915. The standard InChI is InChI=1S/C16H18ClN3O2.ClH/c17-12-5-3-4-11(8-12)14-9-15(22-19-14)16(21)20-7-2-1-6-13(20)10-18;/h3-5,8-9,13H,1-2,6-7,10,18H2;1H. The maximum atomic E-state index is 12.6. The third kappa shape index (κ3) is 3.86. The second kappa shape index (κ2) is 7.81. The van der Waals surface area contributed by atoms with Gasteiger partial charge in [0.2, 0.25) is 5.76 Å². The molecule has 1 unspecified atom stereocenters. The zero-order chi connectivity index (χ0) is 15.5. The molecular formula is C16H19Cl2N3O2. The third-order valence-corrected chi connectivity index (χ3v) is 4.24. The molecule has 2 N–H and O–H groups in total. The van der Waals surface area contributed by atoms with Gasteiger partial charge in [-0.2, -0.15) is 0 Å². The lowest BCUT2D eigenvalue weighted by Gasteiger charge is -2.34. The van der Waals surface area contributed by atoms with Gasteiger partial charge in [0.25, 0.3) is 5.91 Å². The number of carbonyl (C=O) groups is 1. The van der Waals surface area contributed by atoms with Gasteiger partial charge in [-0.05, 0) is 31.4 Å². The molecule has 0 aliphatic carbocycles. The fourth-order valence-corrected chi connectivity index (χ4v) is 3.00. The Hall–Kier alpha value is -1.56. The summed E-state index contributed by atoms with van der Waals surface area (Å²) in [6.45, 7) is 1.19. The predicted octanol–water partition coefficient (Wildman–Crippen LogP) is 3.37. The zero-order valence-corrected chi connectivity index (χ0v) is 14.1. The van der Waals surface area contributed by atoms with Gasteiger partial charge in [-0.1, -0.05) is 28.9 Å². The van der Waals surface area contributed by atoms with Crippen LogP contribution in [0.4, 0.5) is 0 Å². The smallest absolute Gasteiger partial charge is 0.292 e. The van der Waals surface area contributed by atoms with E-state index in [2.05, 4.69) is 5.16 Å². The van der Waals surface area contributed by atoms with E-state index in [0.29, 0.717) is 23.8 Å². The van der Waals surface area contributed by atoms with E-state index in [-0.39, 0.29) is 30.1 Å². The van der Waals surface area contributed by atoms with Crippen LogP contribution in [0.2, 0.25) is 5.02 Å². The molecule has 124 valence electrons. The number of hydrogen-bond acceptors (Lipinski definition) is 4. The van der Waals surface area contributed by atoms with E-state index in [4.69, 9.17) is 21.9 Å². The van der Waals surface area contributed by atoms with E-state index in [1.807, 2.05) is 12.1 Å². The van der Waals surface area contributed by atoms with Crippen molar-refractivity contribution < 1.29 is 9.32 Å². The highest BCUT2D eigenvalue weighted by molar-refractivity contribution is 6.30. The SMILES string of the molecule is Cl.NCC1CCCCN1C(=O)c1cc(-c2cccc(Cl)c2)no1. The molecule has 1 aliphatic rings. The van der Waals surface area contributed by atoms with Crippen molar-refractivity contribution in [1.29, 1.82) is 0 Å². The lowest BCUT2D eigenvalue weighted by Crippen LogP contribution is -2.47. The average molecular weight is 356 g/mol. The van der Waals surface area contributed by atoms with Crippen molar-refractivity contribution in [3.05, 3.63) is 41.1 Å². The number of carbonyl (C=O) groups excluding carboxylic acids is 1. The number of nitrogens with zero attached hydrogens (tertiary/aromatic N) is 2. The number of amides is 1. The van der Waals surface area contributed by atoms with Gasteiger partial charge in [-0.15, -0.1) is 12.4 Å². The summed E-state index contributed by atoms with van der Waals surface area (Å²) in [4.78, 5) is 14.4. The summed E-state index contributed by atoms with van der Waals surface area (Å²) in [5.41, 5.74) is 7.19. The van der Waals surface area contributed by atoms with E-state index in [0.717, 1.165) is 24.8 Å². The molecule has 0 saturated carbocycles. The number of nitrogens with two attached hydrogens (primary N) is 1. The predicted molar refractivity (Wildman–Crippen MR) is 91.9 cm³/mol. The molecule has 23 heavy (non-hydrogen) atoms. The van der Waals surface area contributed by atoms with Gasteiger partial charge in [0.15, 0.2) is 0 Å². The summed E-state index contributed by atoms with van der Waals surface area (Å²) in [6, 6.07) is 9.04. The lowest BCUT2D eigenvalue weighted by molar-refractivity contribution is 0.0581. The summed E-state index contributed by atoms with van der Waals surface area (Å²) < 4.78 is 5.24. The van der Waals surface area contributed by atoms with Crippen LogP contribution in [0.1, 0.15) is 29.8 Å². The monoisotopic (exact) mass is 355 g/mol. The van der Waals surface area contributed by atoms with Crippen LogP contribution in [0.5, 0.6) is 0 Å². The maximum Gasteiger partial charge on any atom is 0.292 e. The molecule has 3 rings (SSSR count). The number of piperidine rings is 1. The maximum absolute atomic E-state index is 12.6. The molecule has 0 radical (unpaired) electrons. The highest BCUT2D eigenvalue weighted by Gasteiger charge is 2.29. The first kappa shape index (κ1) is 17.8. The molecule has 0 spiro atoms. The molecule has 1 aromatic carbocycles. The largest absolute Gasteiger partial charge is 0.350 e. The first-order valence-corrected chi connectivity index (χ1v) is 7.80. The summed E-state index contributed by atoms with van der Waals surface area (Å²) in [5, 5.41) is 4.60. The van der Waals surface area contributed by atoms with Crippen LogP contribution in [0.15, 0.2) is 34.9 Å². The number of hydrogen-bond donors (Lipinski definition) is 1. The van der Waals surface area contributed by atoms with Gasteiger partial charge in [0, 0.05) is 35.8 Å². The molecule has 1 amide bonds. The highest BCUT2D eigenvalue weighted by atomic mass is 35.5. The van der Waals surface area contributed by atoms with E-state index in [1.54, 1.807) is 23.1 Å². The van der Waals surface area contributed by atoms with Crippen LogP contribution in [-0.4, -0.2) is 35.1 Å². The molecule has 0 bridgehead atoms. The second-order valence-electron chi connectivity index (χ2n) is 5.47. The average Bonchev–Trinajstić information content (AvgIpc) is 3.04. The number of halogens is 2. The molecule has 7 heteroatoms. The van der Waals surface area contributed by atoms with Crippen molar-refractivity contribution in [3.8, 4) is 11.3 Å². The van der Waals surface area contributed by atoms with Gasteiger partial charge in [0.1, 0.15) is 5.69 Å². The van der Waals surface area contributed by atoms with Crippen molar-refractivity contribution in [2.24, 2.45) is 5.73 Å². The minimum absolute atomic E-state index is 0. The van der Waals surface area contributed by atoms with Gasteiger partial charge in [-0.25, -0.2) is 0 Å². The summed E-state index contributed by atoms with van der Waals surface area (Å²) in [5.74, 6) is 0.103. The second-order valence-corrected chi connectivity index (χ2v) is 5.91. The van der Waals surface area contributed by atoms with E-state index >= 15 is 0 Å². The molecule has 5 nitrogen and oxygen atoms in total. The molecule has 1 atom stereocenters. The van der Waals surface area contributed by atoms with Gasteiger partial charge in [-0.3, -0.25) is 4.79 Å². The van der Waals surface area contributed by atoms with Crippen LogP contribution < -0.4 is 5.73 Å². The van der Waals surface area contributed by atoms with Gasteiger partial charge < -0.3 is 15.2 Å². The number of likely N-dealkylation sites (tertiary alicyclic amines) is 1. The van der Waals surface area contributed by atoms with E-state index in [1.165, 1.54) is 0 Å². The van der Waals surface area contributed by atoms with Crippen LogP contribution in [-0.2, 0) is 0 Å². The Morgan fingerprint density at radius 2 is 2.22 bits per heavy atom. The Morgan fingerprint density at radius 3 is 2.96 bits per heavy atom. The van der Waals surface area contributed by atoms with E-state index in [9.17, 15) is 4.79 Å². The van der Waals surface area contributed by atoms with Crippen LogP contribution in [0.25, 0.3) is 11.3 Å². The van der Waals surface area contributed by atoms with Crippen molar-refractivity contribution in [2.75, 3.05) is 13.1 Å². The molecule has 1 fully saturated rings. The van der Waals surface area contributed by atoms with Crippen molar-refractivity contribution in [2.45, 2.75) is 25.3 Å². The minimum Gasteiger partial charge on any atom is -0.350 e.